The maximum Gasteiger partial charge on any atom is 0.265 e. The molecule has 6 nitrogen and oxygen atoms in total. The Morgan fingerprint density at radius 1 is 0.882 bits per heavy atom. The molecule has 0 saturated heterocycles. The lowest BCUT2D eigenvalue weighted by Crippen LogP contribution is -2.30. The fourth-order valence-electron chi connectivity index (χ4n) is 3.08. The van der Waals surface area contributed by atoms with Gasteiger partial charge < -0.3 is 10.1 Å². The molecule has 0 aliphatic carbocycles. The minimum absolute atomic E-state index is 0.0184. The van der Waals surface area contributed by atoms with E-state index in [2.05, 4.69) is 30.8 Å². The molecule has 9 heteroatoms. The van der Waals surface area contributed by atoms with Gasteiger partial charge >= 0.3 is 0 Å². The third kappa shape index (κ3) is 6.88. The SMILES string of the molecule is C[C@@H](Oc1ccc(C(C)(C)C)cc1)C(=O)Nc1ccc(S(=O)(=O)Nc2cc(Cl)cc(Cl)c2)cc1. The summed E-state index contributed by atoms with van der Waals surface area (Å²) in [4.78, 5) is 12.6. The van der Waals surface area contributed by atoms with Crippen molar-refractivity contribution in [2.75, 3.05) is 10.0 Å². The lowest BCUT2D eigenvalue weighted by atomic mass is 9.87. The monoisotopic (exact) mass is 520 g/mol. The Balaban J connectivity index is 1.62. The average molecular weight is 521 g/mol. The number of carbonyl (C=O) groups excluding carboxylic acids is 1. The third-order valence-electron chi connectivity index (χ3n) is 4.95. The Hall–Kier alpha value is -2.74. The summed E-state index contributed by atoms with van der Waals surface area (Å²) >= 11 is 11.9. The van der Waals surface area contributed by atoms with Gasteiger partial charge in [0.2, 0.25) is 0 Å². The van der Waals surface area contributed by atoms with E-state index in [1.54, 1.807) is 6.92 Å². The number of hydrogen-bond acceptors (Lipinski definition) is 4. The number of amides is 1. The van der Waals surface area contributed by atoms with Gasteiger partial charge in [0.25, 0.3) is 15.9 Å². The normalized spacial score (nSPS) is 12.6. The topological polar surface area (TPSA) is 84.5 Å². The standard InChI is InChI=1S/C25H26Cl2N2O4S/c1-16(33-22-9-5-17(6-10-22)25(2,3)4)24(30)28-20-7-11-23(12-8-20)34(31,32)29-21-14-18(26)13-19(27)15-21/h5-16,29H,1-4H3,(H,28,30)/t16-/m1/s1. The second kappa shape index (κ2) is 10.3. The van der Waals surface area contributed by atoms with Crippen molar-refractivity contribution in [3.63, 3.8) is 0 Å². The number of anilines is 2. The summed E-state index contributed by atoms with van der Waals surface area (Å²) < 4.78 is 33.5. The van der Waals surface area contributed by atoms with Gasteiger partial charge in [-0.2, -0.15) is 0 Å². The molecule has 3 rings (SSSR count). The lowest BCUT2D eigenvalue weighted by molar-refractivity contribution is -0.122. The Kier molecular flexibility index (Phi) is 7.81. The van der Waals surface area contributed by atoms with E-state index < -0.39 is 16.1 Å². The molecule has 0 radical (unpaired) electrons. The van der Waals surface area contributed by atoms with E-state index in [0.29, 0.717) is 21.5 Å². The highest BCUT2D eigenvalue weighted by atomic mass is 35.5. The van der Waals surface area contributed by atoms with Crippen LogP contribution >= 0.6 is 23.2 Å². The summed E-state index contributed by atoms with van der Waals surface area (Å²) in [5.74, 6) is 0.228. The molecule has 0 fully saturated rings. The summed E-state index contributed by atoms with van der Waals surface area (Å²) in [6, 6.07) is 17.8. The number of rotatable bonds is 7. The maximum atomic E-state index is 12.7. The highest BCUT2D eigenvalue weighted by molar-refractivity contribution is 7.92. The minimum Gasteiger partial charge on any atom is -0.481 e. The second-order valence-corrected chi connectivity index (χ2v) is 11.4. The highest BCUT2D eigenvalue weighted by Gasteiger charge is 2.18. The minimum atomic E-state index is -3.87. The quantitative estimate of drug-likeness (QED) is 0.372. The van der Waals surface area contributed by atoms with Crippen LogP contribution in [0, 0.1) is 0 Å². The van der Waals surface area contributed by atoms with Crippen molar-refractivity contribution < 1.29 is 17.9 Å². The molecule has 0 aliphatic rings. The average Bonchev–Trinajstić information content (AvgIpc) is 2.72. The molecular weight excluding hydrogens is 495 g/mol. The fourth-order valence-corrected chi connectivity index (χ4v) is 4.65. The van der Waals surface area contributed by atoms with Gasteiger partial charge in [0.05, 0.1) is 10.6 Å². The zero-order chi connectivity index (χ0) is 25.1. The predicted octanol–water partition coefficient (Wildman–Crippen LogP) is 6.50. The molecule has 0 spiro atoms. The number of ether oxygens (including phenoxy) is 1. The van der Waals surface area contributed by atoms with E-state index in [-0.39, 0.29) is 21.9 Å². The molecule has 34 heavy (non-hydrogen) atoms. The molecule has 0 unspecified atom stereocenters. The van der Waals surface area contributed by atoms with Gasteiger partial charge in [-0.05, 0) is 72.5 Å². The summed E-state index contributed by atoms with van der Waals surface area (Å²) in [6.45, 7) is 8.01. The van der Waals surface area contributed by atoms with Crippen molar-refractivity contribution in [1.82, 2.24) is 0 Å². The van der Waals surface area contributed by atoms with Crippen molar-refractivity contribution in [1.29, 1.82) is 0 Å². The first-order valence-electron chi connectivity index (χ1n) is 10.5. The molecule has 0 bridgehead atoms. The number of benzene rings is 3. The van der Waals surface area contributed by atoms with Crippen molar-refractivity contribution in [3.8, 4) is 5.75 Å². The van der Waals surface area contributed by atoms with Crippen LogP contribution in [0.1, 0.15) is 33.3 Å². The van der Waals surface area contributed by atoms with E-state index in [9.17, 15) is 13.2 Å². The van der Waals surface area contributed by atoms with Gasteiger partial charge in [0.15, 0.2) is 6.10 Å². The number of sulfonamides is 1. The first-order chi connectivity index (χ1) is 15.8. The van der Waals surface area contributed by atoms with E-state index in [4.69, 9.17) is 27.9 Å². The molecule has 2 N–H and O–H groups in total. The van der Waals surface area contributed by atoms with Crippen LogP contribution in [0.4, 0.5) is 11.4 Å². The molecule has 0 aromatic heterocycles. The Morgan fingerprint density at radius 3 is 1.97 bits per heavy atom. The molecule has 0 saturated carbocycles. The molecule has 1 atom stereocenters. The van der Waals surface area contributed by atoms with Crippen LogP contribution in [0.3, 0.4) is 0 Å². The number of halogens is 2. The predicted molar refractivity (Wildman–Crippen MR) is 138 cm³/mol. The van der Waals surface area contributed by atoms with Crippen LogP contribution in [0.2, 0.25) is 10.0 Å². The van der Waals surface area contributed by atoms with Crippen molar-refractivity contribution in [2.24, 2.45) is 0 Å². The van der Waals surface area contributed by atoms with Gasteiger partial charge in [-0.15, -0.1) is 0 Å². The van der Waals surface area contributed by atoms with Gasteiger partial charge in [-0.3, -0.25) is 9.52 Å². The van der Waals surface area contributed by atoms with E-state index in [1.165, 1.54) is 48.0 Å². The van der Waals surface area contributed by atoms with E-state index in [1.807, 2.05) is 24.3 Å². The largest absolute Gasteiger partial charge is 0.481 e. The van der Waals surface area contributed by atoms with Crippen LogP contribution < -0.4 is 14.8 Å². The van der Waals surface area contributed by atoms with Crippen LogP contribution in [0.15, 0.2) is 71.6 Å². The summed E-state index contributed by atoms with van der Waals surface area (Å²) in [7, 11) is -3.87. The van der Waals surface area contributed by atoms with E-state index >= 15 is 0 Å². The van der Waals surface area contributed by atoms with Crippen molar-refractivity contribution >= 4 is 50.5 Å². The second-order valence-electron chi connectivity index (χ2n) is 8.81. The molecule has 3 aromatic carbocycles. The van der Waals surface area contributed by atoms with Gasteiger partial charge in [-0.25, -0.2) is 8.42 Å². The number of nitrogens with one attached hydrogen (secondary N) is 2. The zero-order valence-electron chi connectivity index (χ0n) is 19.2. The maximum absolute atomic E-state index is 12.7. The number of hydrogen-bond donors (Lipinski definition) is 2. The first-order valence-corrected chi connectivity index (χ1v) is 12.7. The number of carbonyl (C=O) groups is 1. The molecule has 180 valence electrons. The summed E-state index contributed by atoms with van der Waals surface area (Å²) in [5, 5.41) is 3.35. The Labute approximate surface area is 210 Å². The summed E-state index contributed by atoms with van der Waals surface area (Å²) in [6.07, 6.45) is -0.752. The van der Waals surface area contributed by atoms with Crippen LogP contribution in [-0.4, -0.2) is 20.4 Å². The van der Waals surface area contributed by atoms with Crippen molar-refractivity contribution in [2.45, 2.75) is 44.1 Å². The highest BCUT2D eigenvalue weighted by Crippen LogP contribution is 2.26. The molecule has 0 aliphatic heterocycles. The lowest BCUT2D eigenvalue weighted by Gasteiger charge is -2.20. The van der Waals surface area contributed by atoms with Crippen LogP contribution in [-0.2, 0) is 20.2 Å². The van der Waals surface area contributed by atoms with Crippen molar-refractivity contribution in [3.05, 3.63) is 82.3 Å². The Morgan fingerprint density at radius 2 is 1.44 bits per heavy atom. The molecular formula is C25H26Cl2N2O4S. The van der Waals surface area contributed by atoms with E-state index in [0.717, 1.165) is 0 Å². The van der Waals surface area contributed by atoms with Gasteiger partial charge in [0.1, 0.15) is 5.75 Å². The van der Waals surface area contributed by atoms with Gasteiger partial charge in [0, 0.05) is 15.7 Å². The molecule has 3 aromatic rings. The Bertz CT molecular complexity index is 1250. The smallest absolute Gasteiger partial charge is 0.265 e. The summed E-state index contributed by atoms with van der Waals surface area (Å²) in [5.41, 5.74) is 1.88. The van der Waals surface area contributed by atoms with Crippen LogP contribution in [0.5, 0.6) is 5.75 Å². The molecule has 0 heterocycles. The van der Waals surface area contributed by atoms with Crippen LogP contribution in [0.25, 0.3) is 0 Å². The fraction of sp³-hybridized carbons (Fsp3) is 0.240. The molecule has 1 amide bonds. The third-order valence-corrected chi connectivity index (χ3v) is 6.78. The van der Waals surface area contributed by atoms with Gasteiger partial charge in [-0.1, -0.05) is 56.1 Å². The first kappa shape index (κ1) is 25.9. The zero-order valence-corrected chi connectivity index (χ0v) is 21.6.